The second kappa shape index (κ2) is 6.15. The first-order valence-corrected chi connectivity index (χ1v) is 7.56. The van der Waals surface area contributed by atoms with Gasteiger partial charge in [0.05, 0.1) is 0 Å². The zero-order chi connectivity index (χ0) is 14.7. The average molecular weight is 292 g/mol. The smallest absolute Gasteiger partial charge is 0.336 e. The molecule has 2 N–H and O–H groups in total. The minimum absolute atomic E-state index is 0.231. The fraction of sp³-hybridized carbons (Fsp3) is 0.643. The summed E-state index contributed by atoms with van der Waals surface area (Å²) in [5.41, 5.74) is 2.79. The summed E-state index contributed by atoms with van der Waals surface area (Å²) in [6, 6.07) is -0.286. The highest BCUT2D eigenvalue weighted by atomic mass is 16.3. The molecule has 0 radical (unpaired) electrons. The van der Waals surface area contributed by atoms with Crippen LogP contribution in [0.25, 0.3) is 0 Å². The Hall–Kier alpha value is -2.05. The first-order chi connectivity index (χ1) is 10.2. The van der Waals surface area contributed by atoms with Crippen molar-refractivity contribution in [3.05, 3.63) is 17.8 Å². The molecule has 7 heteroatoms. The van der Waals surface area contributed by atoms with Gasteiger partial charge in [-0.2, -0.15) is 0 Å². The lowest BCUT2D eigenvalue weighted by atomic mass is 9.89. The number of amides is 3. The van der Waals surface area contributed by atoms with Gasteiger partial charge in [0.15, 0.2) is 11.6 Å². The van der Waals surface area contributed by atoms with Crippen LogP contribution in [0.1, 0.15) is 60.8 Å². The van der Waals surface area contributed by atoms with Gasteiger partial charge >= 0.3 is 6.03 Å². The van der Waals surface area contributed by atoms with E-state index < -0.39 is 5.91 Å². The molecule has 1 aliphatic heterocycles. The Labute approximate surface area is 123 Å². The topological polar surface area (TPSA) is 87.5 Å². The Morgan fingerprint density at radius 2 is 2.14 bits per heavy atom. The zero-order valence-electron chi connectivity index (χ0n) is 11.9. The standard InChI is InChI=1S/C14H20N4O3/c19-12(17-18-8-4-7-15-14(18)20)11-9-21-13(16-11)10-5-2-1-3-6-10/h9-10H,1-8H2,(H,15,20)(H,17,19). The van der Waals surface area contributed by atoms with Crippen molar-refractivity contribution in [1.82, 2.24) is 20.7 Å². The Morgan fingerprint density at radius 3 is 2.90 bits per heavy atom. The van der Waals surface area contributed by atoms with Gasteiger partial charge < -0.3 is 9.73 Å². The molecule has 0 atom stereocenters. The lowest BCUT2D eigenvalue weighted by molar-refractivity contribution is 0.0803. The van der Waals surface area contributed by atoms with Gasteiger partial charge in [0.1, 0.15) is 6.26 Å². The zero-order valence-corrected chi connectivity index (χ0v) is 11.9. The molecule has 1 saturated carbocycles. The van der Waals surface area contributed by atoms with Crippen molar-refractivity contribution in [3.8, 4) is 0 Å². The number of hydrogen-bond donors (Lipinski definition) is 2. The molecule has 1 aromatic rings. The van der Waals surface area contributed by atoms with Crippen molar-refractivity contribution in [1.29, 1.82) is 0 Å². The molecule has 1 aromatic heterocycles. The highest BCUT2D eigenvalue weighted by molar-refractivity contribution is 5.93. The summed E-state index contributed by atoms with van der Waals surface area (Å²) in [6.45, 7) is 1.14. The Bertz CT molecular complexity index is 522. The van der Waals surface area contributed by atoms with Crippen LogP contribution < -0.4 is 10.7 Å². The summed E-state index contributed by atoms with van der Waals surface area (Å²) in [5, 5.41) is 3.95. The number of rotatable bonds is 3. The van der Waals surface area contributed by atoms with Crippen molar-refractivity contribution in [2.24, 2.45) is 0 Å². The average Bonchev–Trinajstić information content (AvgIpc) is 3.00. The highest BCUT2D eigenvalue weighted by Crippen LogP contribution is 2.31. The fourth-order valence-electron chi connectivity index (χ4n) is 2.84. The SMILES string of the molecule is O=C(NN1CCCNC1=O)c1coc(C2CCCCC2)n1. The minimum Gasteiger partial charge on any atom is -0.448 e. The molecule has 1 saturated heterocycles. The van der Waals surface area contributed by atoms with Crippen LogP contribution >= 0.6 is 0 Å². The number of urea groups is 1. The normalized spacial score (nSPS) is 20.2. The van der Waals surface area contributed by atoms with Gasteiger partial charge in [0.25, 0.3) is 5.91 Å². The third kappa shape index (κ3) is 3.17. The van der Waals surface area contributed by atoms with E-state index in [0.29, 0.717) is 24.9 Å². The second-order valence-corrected chi connectivity index (χ2v) is 5.58. The van der Waals surface area contributed by atoms with Crippen LogP contribution in [0.3, 0.4) is 0 Å². The summed E-state index contributed by atoms with van der Waals surface area (Å²) in [4.78, 5) is 28.0. The van der Waals surface area contributed by atoms with Gasteiger partial charge in [-0.3, -0.25) is 10.2 Å². The molecule has 3 amide bonds. The largest absolute Gasteiger partial charge is 0.448 e. The van der Waals surface area contributed by atoms with Crippen LogP contribution in [0, 0.1) is 0 Å². The highest BCUT2D eigenvalue weighted by Gasteiger charge is 2.24. The maximum atomic E-state index is 12.1. The summed E-state index contributed by atoms with van der Waals surface area (Å²) in [6.07, 6.45) is 7.94. The van der Waals surface area contributed by atoms with E-state index >= 15 is 0 Å². The lowest BCUT2D eigenvalue weighted by Gasteiger charge is -2.27. The maximum Gasteiger partial charge on any atom is 0.336 e. The van der Waals surface area contributed by atoms with E-state index in [1.807, 2.05) is 0 Å². The molecule has 2 aliphatic rings. The van der Waals surface area contributed by atoms with Gasteiger partial charge in [-0.25, -0.2) is 14.8 Å². The molecule has 114 valence electrons. The summed E-state index contributed by atoms with van der Waals surface area (Å²) in [5.74, 6) is 0.555. The van der Waals surface area contributed by atoms with E-state index in [1.54, 1.807) is 0 Å². The number of hydrogen-bond acceptors (Lipinski definition) is 4. The Kier molecular flexibility index (Phi) is 4.08. The molecule has 7 nitrogen and oxygen atoms in total. The first-order valence-electron chi connectivity index (χ1n) is 7.56. The van der Waals surface area contributed by atoms with Crippen molar-refractivity contribution in [2.45, 2.75) is 44.4 Å². The van der Waals surface area contributed by atoms with Crippen molar-refractivity contribution >= 4 is 11.9 Å². The third-order valence-electron chi connectivity index (χ3n) is 4.03. The minimum atomic E-state index is -0.405. The van der Waals surface area contributed by atoms with Crippen molar-refractivity contribution in [3.63, 3.8) is 0 Å². The number of carbonyl (C=O) groups excluding carboxylic acids is 2. The van der Waals surface area contributed by atoms with Crippen LogP contribution in [-0.2, 0) is 0 Å². The van der Waals surface area contributed by atoms with Gasteiger partial charge in [-0.15, -0.1) is 0 Å². The maximum absolute atomic E-state index is 12.1. The molecule has 1 aliphatic carbocycles. The molecule has 0 bridgehead atoms. The predicted molar refractivity (Wildman–Crippen MR) is 74.5 cm³/mol. The summed E-state index contributed by atoms with van der Waals surface area (Å²) < 4.78 is 5.45. The molecule has 0 aromatic carbocycles. The second-order valence-electron chi connectivity index (χ2n) is 5.58. The number of hydrazine groups is 1. The molecule has 3 rings (SSSR count). The van der Waals surface area contributed by atoms with E-state index in [2.05, 4.69) is 15.7 Å². The fourth-order valence-corrected chi connectivity index (χ4v) is 2.84. The van der Waals surface area contributed by atoms with Gasteiger partial charge in [-0.1, -0.05) is 19.3 Å². The molecule has 2 fully saturated rings. The van der Waals surface area contributed by atoms with Crippen LogP contribution in [-0.4, -0.2) is 35.0 Å². The number of oxazole rings is 1. The van der Waals surface area contributed by atoms with E-state index in [4.69, 9.17) is 4.42 Å². The molecule has 2 heterocycles. The number of nitrogens with zero attached hydrogens (tertiary/aromatic N) is 2. The van der Waals surface area contributed by atoms with Gasteiger partial charge in [-0.05, 0) is 19.3 Å². The van der Waals surface area contributed by atoms with E-state index in [-0.39, 0.29) is 11.7 Å². The lowest BCUT2D eigenvalue weighted by Crippen LogP contribution is -2.54. The molecule has 0 unspecified atom stereocenters. The van der Waals surface area contributed by atoms with Gasteiger partial charge in [0.2, 0.25) is 0 Å². The number of aromatic nitrogens is 1. The van der Waals surface area contributed by atoms with Crippen LogP contribution in [0.2, 0.25) is 0 Å². The van der Waals surface area contributed by atoms with Crippen LogP contribution in [0.15, 0.2) is 10.7 Å². The molecule has 21 heavy (non-hydrogen) atoms. The first kappa shape index (κ1) is 13.9. The Balaban J connectivity index is 1.62. The number of nitrogens with one attached hydrogen (secondary N) is 2. The van der Waals surface area contributed by atoms with Crippen molar-refractivity contribution in [2.75, 3.05) is 13.1 Å². The Morgan fingerprint density at radius 1 is 1.33 bits per heavy atom. The van der Waals surface area contributed by atoms with Gasteiger partial charge in [0, 0.05) is 19.0 Å². The van der Waals surface area contributed by atoms with E-state index in [1.165, 1.54) is 30.5 Å². The quantitative estimate of drug-likeness (QED) is 0.889. The predicted octanol–water partition coefficient (Wildman–Crippen LogP) is 1.78. The molecular formula is C14H20N4O3. The number of carbonyl (C=O) groups is 2. The van der Waals surface area contributed by atoms with E-state index in [9.17, 15) is 9.59 Å². The van der Waals surface area contributed by atoms with Crippen LogP contribution in [0.4, 0.5) is 4.79 Å². The van der Waals surface area contributed by atoms with E-state index in [0.717, 1.165) is 19.3 Å². The summed E-state index contributed by atoms with van der Waals surface area (Å²) in [7, 11) is 0. The van der Waals surface area contributed by atoms with Crippen molar-refractivity contribution < 1.29 is 14.0 Å². The summed E-state index contributed by atoms with van der Waals surface area (Å²) >= 11 is 0. The monoisotopic (exact) mass is 292 g/mol. The molecular weight excluding hydrogens is 272 g/mol. The van der Waals surface area contributed by atoms with Crippen LogP contribution in [0.5, 0.6) is 0 Å². The molecule has 0 spiro atoms. The third-order valence-corrected chi connectivity index (χ3v) is 4.03.